The minimum absolute atomic E-state index is 0. The molecule has 5 heteroatoms. The van der Waals surface area contributed by atoms with Gasteiger partial charge in [0.15, 0.2) is 23.2 Å². The third-order valence-corrected chi connectivity index (χ3v) is 4.79. The number of Topliss-reactive ketones (excluding diaryl/α,β-unsaturated/α-hetero) is 2. The van der Waals surface area contributed by atoms with Crippen molar-refractivity contribution in [3.8, 4) is 0 Å². The normalized spacial score (nSPS) is 16.9. The monoisotopic (exact) mass is 362 g/mol. The van der Waals surface area contributed by atoms with Gasteiger partial charge in [0, 0.05) is 26.3 Å². The van der Waals surface area contributed by atoms with Crippen molar-refractivity contribution in [3.05, 3.63) is 64.3 Å². The van der Waals surface area contributed by atoms with Gasteiger partial charge in [0.1, 0.15) is 5.78 Å². The van der Waals surface area contributed by atoms with Gasteiger partial charge in [-0.3, -0.25) is 9.59 Å². The molecule has 26 heavy (non-hydrogen) atoms. The lowest BCUT2D eigenvalue weighted by molar-refractivity contribution is -0.119. The van der Waals surface area contributed by atoms with Gasteiger partial charge in [0.25, 0.3) is 0 Å². The molecule has 1 unspecified atom stereocenters. The maximum Gasteiger partial charge on any atom is 0.195 e. The summed E-state index contributed by atoms with van der Waals surface area (Å²) in [4.78, 5) is 24.4. The number of hydrogen-bond donors (Lipinski definition) is 0. The lowest BCUT2D eigenvalue weighted by Gasteiger charge is -2.23. The van der Waals surface area contributed by atoms with E-state index < -0.39 is 28.8 Å². The van der Waals surface area contributed by atoms with Crippen molar-refractivity contribution in [2.24, 2.45) is 5.92 Å². The molecule has 1 saturated carbocycles. The standard InChI is InChI=1S/C21H19F3O2.H2/c1-5-11(3)17-12(4)19(22)21(24)20(23)18(17)16(26)10-14-7-8-15(25)9-13(14)6-2;/h14H,1-2,7-10H2,3-4H3;1H. The van der Waals surface area contributed by atoms with Crippen LogP contribution in [0.3, 0.4) is 0 Å². The van der Waals surface area contributed by atoms with Gasteiger partial charge >= 0.3 is 0 Å². The first-order chi connectivity index (χ1) is 12.2. The Morgan fingerprint density at radius 1 is 1.19 bits per heavy atom. The molecular weight excluding hydrogens is 341 g/mol. The number of carbonyl (C=O) groups is 2. The number of carbonyl (C=O) groups excluding carboxylic acids is 2. The Labute approximate surface area is 151 Å². The van der Waals surface area contributed by atoms with Gasteiger partial charge in [-0.1, -0.05) is 13.2 Å². The topological polar surface area (TPSA) is 34.1 Å². The Balaban J connectivity index is 0.00000364. The molecule has 0 heterocycles. The summed E-state index contributed by atoms with van der Waals surface area (Å²) in [6.45, 7) is 9.75. The van der Waals surface area contributed by atoms with Crippen molar-refractivity contribution >= 4 is 17.1 Å². The molecule has 0 saturated heterocycles. The molecule has 0 radical (unpaired) electrons. The second kappa shape index (κ2) is 7.74. The Morgan fingerprint density at radius 2 is 1.85 bits per heavy atom. The molecule has 0 N–H and O–H groups in total. The van der Waals surface area contributed by atoms with E-state index in [1.54, 1.807) is 0 Å². The van der Waals surface area contributed by atoms with Crippen LogP contribution < -0.4 is 0 Å². The van der Waals surface area contributed by atoms with Gasteiger partial charge in [-0.25, -0.2) is 13.2 Å². The second-order valence-electron chi connectivity index (χ2n) is 6.40. The third kappa shape index (κ3) is 3.50. The fourth-order valence-electron chi connectivity index (χ4n) is 3.31. The first kappa shape index (κ1) is 19.7. The van der Waals surface area contributed by atoms with Crippen molar-refractivity contribution in [1.29, 1.82) is 0 Å². The van der Waals surface area contributed by atoms with Gasteiger partial charge in [-0.05, 0) is 42.9 Å². The van der Waals surface area contributed by atoms with Crippen molar-refractivity contribution in [2.75, 3.05) is 0 Å². The quantitative estimate of drug-likeness (QED) is 0.403. The highest BCUT2D eigenvalue weighted by molar-refractivity contribution is 6.02. The highest BCUT2D eigenvalue weighted by Gasteiger charge is 2.31. The Kier molecular flexibility index (Phi) is 5.86. The summed E-state index contributed by atoms with van der Waals surface area (Å²) in [5.41, 5.74) is 5.32. The molecule has 138 valence electrons. The van der Waals surface area contributed by atoms with E-state index in [1.165, 1.54) is 13.8 Å². The summed E-state index contributed by atoms with van der Waals surface area (Å²) in [7, 11) is 0. The van der Waals surface area contributed by atoms with E-state index in [9.17, 15) is 22.8 Å². The van der Waals surface area contributed by atoms with Crippen LogP contribution in [0.4, 0.5) is 13.2 Å². The van der Waals surface area contributed by atoms with Gasteiger partial charge < -0.3 is 0 Å². The largest absolute Gasteiger partial charge is 0.299 e. The first-order valence-corrected chi connectivity index (χ1v) is 8.20. The van der Waals surface area contributed by atoms with E-state index in [1.807, 2.05) is 0 Å². The zero-order valence-electron chi connectivity index (χ0n) is 14.8. The van der Waals surface area contributed by atoms with Gasteiger partial charge in [-0.2, -0.15) is 0 Å². The fraction of sp³-hybridized carbons (Fsp3) is 0.333. The van der Waals surface area contributed by atoms with E-state index >= 15 is 0 Å². The molecular formula is C21H21F3O2. The van der Waals surface area contributed by atoms with Crippen LogP contribution in [-0.4, -0.2) is 11.6 Å². The van der Waals surface area contributed by atoms with E-state index in [0.717, 1.165) is 0 Å². The van der Waals surface area contributed by atoms with Crippen LogP contribution in [0.15, 0.2) is 30.2 Å². The Morgan fingerprint density at radius 3 is 2.42 bits per heavy atom. The summed E-state index contributed by atoms with van der Waals surface area (Å²) in [5, 5.41) is 0. The molecule has 1 aliphatic rings. The number of ketones is 2. The molecule has 0 spiro atoms. The average molecular weight is 362 g/mol. The molecule has 0 amide bonds. The number of halogens is 3. The lowest BCUT2D eigenvalue weighted by Crippen LogP contribution is -2.21. The van der Waals surface area contributed by atoms with Gasteiger partial charge in [0.05, 0.1) is 5.56 Å². The molecule has 2 nitrogen and oxygen atoms in total. The summed E-state index contributed by atoms with van der Waals surface area (Å²) in [5.74, 6) is -5.49. The van der Waals surface area contributed by atoms with E-state index in [4.69, 9.17) is 0 Å². The minimum atomic E-state index is -1.68. The Bertz CT molecular complexity index is 905. The molecule has 1 aromatic carbocycles. The van der Waals surface area contributed by atoms with E-state index in [0.29, 0.717) is 18.4 Å². The second-order valence-corrected chi connectivity index (χ2v) is 6.40. The van der Waals surface area contributed by atoms with Crippen LogP contribution in [-0.2, 0) is 4.79 Å². The highest BCUT2D eigenvalue weighted by atomic mass is 19.2. The predicted molar refractivity (Wildman–Crippen MR) is 95.3 cm³/mol. The first-order valence-electron chi connectivity index (χ1n) is 8.20. The van der Waals surface area contributed by atoms with Crippen LogP contribution in [0, 0.1) is 30.3 Å². The molecule has 1 aliphatic carbocycles. The molecule has 1 aromatic rings. The van der Waals surface area contributed by atoms with Crippen LogP contribution in [0.2, 0.25) is 0 Å². The molecule has 1 atom stereocenters. The van der Waals surface area contributed by atoms with Crippen molar-refractivity contribution in [2.45, 2.75) is 39.5 Å². The minimum Gasteiger partial charge on any atom is -0.299 e. The zero-order chi connectivity index (χ0) is 19.6. The maximum absolute atomic E-state index is 14.5. The highest BCUT2D eigenvalue weighted by Crippen LogP contribution is 2.34. The molecule has 1 fully saturated rings. The number of allylic oxidation sites excluding steroid dienone is 2. The van der Waals surface area contributed by atoms with Crippen molar-refractivity contribution < 1.29 is 24.2 Å². The van der Waals surface area contributed by atoms with Crippen molar-refractivity contribution in [1.82, 2.24) is 0 Å². The summed E-state index contributed by atoms with van der Waals surface area (Å²) in [6, 6.07) is 0. The fourth-order valence-corrected chi connectivity index (χ4v) is 3.31. The van der Waals surface area contributed by atoms with Crippen LogP contribution in [0.1, 0.15) is 55.5 Å². The summed E-state index contributed by atoms with van der Waals surface area (Å²) >= 11 is 0. The zero-order valence-corrected chi connectivity index (χ0v) is 14.8. The third-order valence-electron chi connectivity index (χ3n) is 4.79. The van der Waals surface area contributed by atoms with E-state index in [2.05, 4.69) is 24.6 Å². The van der Waals surface area contributed by atoms with Crippen LogP contribution >= 0.6 is 0 Å². The predicted octanol–water partition coefficient (Wildman–Crippen LogP) is 5.50. The smallest absolute Gasteiger partial charge is 0.195 e. The maximum atomic E-state index is 14.5. The summed E-state index contributed by atoms with van der Waals surface area (Å²) < 4.78 is 42.3. The molecule has 2 rings (SSSR count). The van der Waals surface area contributed by atoms with Crippen LogP contribution in [0.5, 0.6) is 0 Å². The van der Waals surface area contributed by atoms with Gasteiger partial charge in [-0.15, -0.1) is 11.5 Å². The number of benzene rings is 1. The van der Waals surface area contributed by atoms with Crippen LogP contribution in [0.25, 0.3) is 5.57 Å². The summed E-state index contributed by atoms with van der Waals surface area (Å²) in [6.07, 6.45) is 0.738. The van der Waals surface area contributed by atoms with Gasteiger partial charge in [0.2, 0.25) is 0 Å². The van der Waals surface area contributed by atoms with Crippen molar-refractivity contribution in [3.63, 3.8) is 0 Å². The van der Waals surface area contributed by atoms with E-state index in [-0.39, 0.29) is 42.7 Å². The average Bonchev–Trinajstić information content (AvgIpc) is 2.63. The molecule has 0 bridgehead atoms. The molecule has 0 aromatic heterocycles. The Hall–Kier alpha value is -2.61. The SMILES string of the molecule is C=C=C(C)c1c(C)c(F)c(F)c(F)c1C(=O)CC1CCC(=O)CC1=C=C.[HH]. The number of hydrogen-bond acceptors (Lipinski definition) is 2. The molecule has 0 aliphatic heterocycles. The number of rotatable bonds is 4. The lowest BCUT2D eigenvalue weighted by atomic mass is 9.79.